The molecule has 7 nitrogen and oxygen atoms in total. The van der Waals surface area contributed by atoms with E-state index in [1.54, 1.807) is 0 Å². The molecular formula is C12H16IN2O5-. The molecule has 20 heavy (non-hydrogen) atoms. The fraction of sp³-hybridized carbons (Fsp3) is 0.667. The normalized spacial score (nSPS) is 16.4. The highest BCUT2D eigenvalue weighted by Crippen LogP contribution is 2.18. The van der Waals surface area contributed by atoms with Crippen molar-refractivity contribution < 1.29 is 24.3 Å². The molecule has 0 aromatic rings. The third-order valence-corrected chi connectivity index (χ3v) is 3.71. The number of amides is 3. The Morgan fingerprint density at radius 2 is 1.85 bits per heavy atom. The van der Waals surface area contributed by atoms with Gasteiger partial charge >= 0.3 is 0 Å². The number of nitrogens with zero attached hydrogens (tertiary/aromatic N) is 1. The van der Waals surface area contributed by atoms with Gasteiger partial charge in [-0.1, -0.05) is 22.6 Å². The number of aliphatic carboxylic acids is 1. The molecule has 0 aromatic heterocycles. The predicted octanol–water partition coefficient (Wildman–Crippen LogP) is -1.02. The molecule has 1 unspecified atom stereocenters. The first kappa shape index (κ1) is 16.9. The number of imide groups is 1. The number of unbranched alkanes of at least 4 members (excludes halogenated alkanes) is 1. The van der Waals surface area contributed by atoms with Crippen molar-refractivity contribution in [3.05, 3.63) is 0 Å². The standard InChI is InChI=1S/C12H17IN2O5/c13-7-9(16)14-6-2-1-3-8(12(19)20)15-10(17)4-5-11(15)18/h8H,1-7H2,(H,14,16)(H,19,20)/p-1. The number of likely N-dealkylation sites (tertiary alicyclic amines) is 1. The summed E-state index contributed by atoms with van der Waals surface area (Å²) in [4.78, 5) is 45.9. The first-order valence-corrected chi connectivity index (χ1v) is 7.88. The molecule has 8 heteroatoms. The highest BCUT2D eigenvalue weighted by Gasteiger charge is 2.35. The van der Waals surface area contributed by atoms with Crippen LogP contribution in [0.25, 0.3) is 0 Å². The average Bonchev–Trinajstić information content (AvgIpc) is 2.73. The van der Waals surface area contributed by atoms with Crippen molar-refractivity contribution in [3.8, 4) is 0 Å². The number of nitrogens with one attached hydrogen (secondary N) is 1. The molecule has 3 amide bonds. The van der Waals surface area contributed by atoms with E-state index in [4.69, 9.17) is 0 Å². The Morgan fingerprint density at radius 1 is 1.25 bits per heavy atom. The third-order valence-electron chi connectivity index (χ3n) is 3.02. The van der Waals surface area contributed by atoms with E-state index in [1.165, 1.54) is 0 Å². The van der Waals surface area contributed by atoms with Crippen LogP contribution in [0.4, 0.5) is 0 Å². The predicted molar refractivity (Wildman–Crippen MR) is 75.6 cm³/mol. The van der Waals surface area contributed by atoms with Crippen molar-refractivity contribution in [3.63, 3.8) is 0 Å². The van der Waals surface area contributed by atoms with Crippen LogP contribution in [0.2, 0.25) is 0 Å². The number of carboxylic acids is 1. The molecule has 1 saturated heterocycles. The van der Waals surface area contributed by atoms with Crippen LogP contribution in [0.3, 0.4) is 0 Å². The minimum absolute atomic E-state index is 0.0638. The Bertz CT molecular complexity index is 397. The highest BCUT2D eigenvalue weighted by molar-refractivity contribution is 14.1. The minimum Gasteiger partial charge on any atom is -0.548 e. The van der Waals surface area contributed by atoms with Gasteiger partial charge in [-0.25, -0.2) is 0 Å². The van der Waals surface area contributed by atoms with Crippen molar-refractivity contribution in [2.45, 2.75) is 38.1 Å². The Balaban J connectivity index is 2.41. The second-order valence-electron chi connectivity index (χ2n) is 4.47. The summed E-state index contributed by atoms with van der Waals surface area (Å²) in [5.41, 5.74) is 0. The molecule has 0 aliphatic carbocycles. The molecule has 0 spiro atoms. The highest BCUT2D eigenvalue weighted by atomic mass is 127. The Morgan fingerprint density at radius 3 is 2.35 bits per heavy atom. The smallest absolute Gasteiger partial charge is 0.230 e. The van der Waals surface area contributed by atoms with E-state index < -0.39 is 23.8 Å². The average molecular weight is 395 g/mol. The Kier molecular flexibility index (Phi) is 6.89. The summed E-state index contributed by atoms with van der Waals surface area (Å²) in [6.45, 7) is 0.448. The van der Waals surface area contributed by atoms with Crippen molar-refractivity contribution in [2.75, 3.05) is 11.0 Å². The summed E-state index contributed by atoms with van der Waals surface area (Å²) in [7, 11) is 0. The second kappa shape index (κ2) is 8.18. The van der Waals surface area contributed by atoms with E-state index in [2.05, 4.69) is 5.32 Å². The number of alkyl halides is 1. The lowest BCUT2D eigenvalue weighted by molar-refractivity contribution is -0.311. The summed E-state index contributed by atoms with van der Waals surface area (Å²) in [5.74, 6) is -2.40. The molecule has 0 radical (unpaired) electrons. The van der Waals surface area contributed by atoms with Crippen LogP contribution in [0.15, 0.2) is 0 Å². The van der Waals surface area contributed by atoms with Crippen LogP contribution >= 0.6 is 22.6 Å². The van der Waals surface area contributed by atoms with Gasteiger partial charge in [-0.2, -0.15) is 0 Å². The van der Waals surface area contributed by atoms with Crippen LogP contribution < -0.4 is 10.4 Å². The largest absolute Gasteiger partial charge is 0.548 e. The van der Waals surface area contributed by atoms with E-state index in [-0.39, 0.29) is 25.2 Å². The number of carbonyl (C=O) groups is 4. The Labute approximate surface area is 130 Å². The van der Waals surface area contributed by atoms with Gasteiger partial charge < -0.3 is 15.2 Å². The zero-order chi connectivity index (χ0) is 15.1. The second-order valence-corrected chi connectivity index (χ2v) is 5.23. The molecule has 0 saturated carbocycles. The lowest BCUT2D eigenvalue weighted by Gasteiger charge is -2.27. The fourth-order valence-corrected chi connectivity index (χ4v) is 2.30. The van der Waals surface area contributed by atoms with Crippen molar-refractivity contribution in [2.24, 2.45) is 0 Å². The van der Waals surface area contributed by atoms with Gasteiger partial charge in [0.1, 0.15) is 0 Å². The van der Waals surface area contributed by atoms with Crippen molar-refractivity contribution >= 4 is 46.3 Å². The summed E-state index contributed by atoms with van der Waals surface area (Å²) in [6, 6.07) is -1.20. The molecule has 0 bridgehead atoms. The maximum absolute atomic E-state index is 11.5. The van der Waals surface area contributed by atoms with Gasteiger partial charge in [0.05, 0.1) is 16.4 Å². The molecule has 0 aromatic carbocycles. The third kappa shape index (κ3) is 4.73. The van der Waals surface area contributed by atoms with Crippen LogP contribution in [0.1, 0.15) is 32.1 Å². The van der Waals surface area contributed by atoms with Crippen LogP contribution in [0.5, 0.6) is 0 Å². The maximum atomic E-state index is 11.5. The number of halogens is 1. The van der Waals surface area contributed by atoms with Gasteiger partial charge in [-0.3, -0.25) is 19.3 Å². The Hall–Kier alpha value is -1.19. The molecule has 1 heterocycles. The molecule has 1 atom stereocenters. The maximum Gasteiger partial charge on any atom is 0.230 e. The van der Waals surface area contributed by atoms with E-state index in [0.29, 0.717) is 23.8 Å². The monoisotopic (exact) mass is 395 g/mol. The number of carboxylic acid groups (broad SMARTS) is 1. The van der Waals surface area contributed by atoms with Crippen LogP contribution in [-0.2, 0) is 19.2 Å². The summed E-state index contributed by atoms with van der Waals surface area (Å²) >= 11 is 1.94. The number of hydrogen-bond acceptors (Lipinski definition) is 5. The van der Waals surface area contributed by atoms with Gasteiger partial charge in [-0.15, -0.1) is 0 Å². The fourth-order valence-electron chi connectivity index (χ4n) is 2.03. The van der Waals surface area contributed by atoms with Crippen molar-refractivity contribution in [1.82, 2.24) is 10.2 Å². The van der Waals surface area contributed by atoms with E-state index in [1.807, 2.05) is 22.6 Å². The number of rotatable bonds is 8. The minimum atomic E-state index is -1.41. The molecule has 1 fully saturated rings. The summed E-state index contributed by atoms with van der Waals surface area (Å²) in [5, 5.41) is 13.7. The number of carbonyl (C=O) groups excluding carboxylic acids is 4. The first-order chi connectivity index (χ1) is 9.47. The van der Waals surface area contributed by atoms with Gasteiger partial charge in [0.2, 0.25) is 17.7 Å². The summed E-state index contributed by atoms with van der Waals surface area (Å²) in [6.07, 6.45) is 1.35. The van der Waals surface area contributed by atoms with E-state index in [9.17, 15) is 24.3 Å². The number of hydrogen-bond donors (Lipinski definition) is 1. The van der Waals surface area contributed by atoms with Gasteiger partial charge in [0.15, 0.2) is 0 Å². The van der Waals surface area contributed by atoms with Crippen LogP contribution in [-0.4, -0.2) is 45.6 Å². The SMILES string of the molecule is O=C(CI)NCCCCC(C(=O)[O-])N1C(=O)CCC1=O. The lowest BCUT2D eigenvalue weighted by Crippen LogP contribution is -2.50. The molecular weight excluding hydrogens is 379 g/mol. The summed E-state index contributed by atoms with van der Waals surface area (Å²) < 4.78 is 0.371. The molecule has 112 valence electrons. The zero-order valence-electron chi connectivity index (χ0n) is 10.9. The lowest BCUT2D eigenvalue weighted by atomic mass is 10.1. The molecule has 1 aliphatic heterocycles. The topological polar surface area (TPSA) is 107 Å². The van der Waals surface area contributed by atoms with Gasteiger partial charge in [0, 0.05) is 19.4 Å². The zero-order valence-corrected chi connectivity index (χ0v) is 13.1. The van der Waals surface area contributed by atoms with Gasteiger partial charge in [0.25, 0.3) is 0 Å². The molecule has 1 N–H and O–H groups in total. The first-order valence-electron chi connectivity index (χ1n) is 6.35. The molecule has 1 aliphatic rings. The van der Waals surface area contributed by atoms with Gasteiger partial charge in [-0.05, 0) is 19.3 Å². The molecule has 1 rings (SSSR count). The van der Waals surface area contributed by atoms with E-state index >= 15 is 0 Å². The van der Waals surface area contributed by atoms with Crippen molar-refractivity contribution in [1.29, 1.82) is 0 Å². The quantitative estimate of drug-likeness (QED) is 0.245. The van der Waals surface area contributed by atoms with E-state index in [0.717, 1.165) is 4.90 Å². The van der Waals surface area contributed by atoms with Crippen LogP contribution in [0, 0.1) is 0 Å².